The van der Waals surface area contributed by atoms with Gasteiger partial charge in [-0.2, -0.15) is 5.26 Å². The highest BCUT2D eigenvalue weighted by Gasteiger charge is 2.00. The highest BCUT2D eigenvalue weighted by Crippen LogP contribution is 2.18. The lowest BCUT2D eigenvalue weighted by atomic mass is 10.2. The Balaban J connectivity index is 1.93. The van der Waals surface area contributed by atoms with Gasteiger partial charge in [0.05, 0.1) is 0 Å². The van der Waals surface area contributed by atoms with E-state index >= 15 is 0 Å². The van der Waals surface area contributed by atoms with Gasteiger partial charge in [0.15, 0.2) is 0 Å². The second kappa shape index (κ2) is 6.03. The van der Waals surface area contributed by atoms with Crippen LogP contribution < -0.4 is 10.6 Å². The number of nitrogens with zero attached hydrogens (tertiary/aromatic N) is 1. The highest BCUT2D eigenvalue weighted by atomic mass is 32.1. The molecule has 96 valence electrons. The third-order valence-electron chi connectivity index (χ3n) is 2.44. The Morgan fingerprint density at radius 3 is 2.47 bits per heavy atom. The van der Waals surface area contributed by atoms with Gasteiger partial charge in [-0.25, -0.2) is 0 Å². The van der Waals surface area contributed by atoms with Crippen molar-refractivity contribution in [3.8, 4) is 6.07 Å². The number of thiophene rings is 1. The quantitative estimate of drug-likeness (QED) is 0.897. The van der Waals surface area contributed by atoms with E-state index in [-0.39, 0.29) is 5.91 Å². The van der Waals surface area contributed by atoms with E-state index in [1.165, 1.54) is 18.3 Å². The molecule has 0 aliphatic rings. The lowest BCUT2D eigenvalue weighted by Crippen LogP contribution is -2.05. The van der Waals surface area contributed by atoms with Crippen LogP contribution in [0.1, 0.15) is 16.7 Å². The molecule has 1 heterocycles. The fourth-order valence-electron chi connectivity index (χ4n) is 1.60. The van der Waals surface area contributed by atoms with E-state index in [1.807, 2.05) is 36.4 Å². The standard InChI is InChI=1S/C14H13N3OS/c1-10(18)17-12-4-2-11(3-5-12)16-9-14-7-6-13(8-15)19-14/h2-7,16H,9H2,1H3,(H,17,18). The Labute approximate surface area is 115 Å². The normalized spacial score (nSPS) is 9.68. The van der Waals surface area contributed by atoms with E-state index in [2.05, 4.69) is 16.7 Å². The van der Waals surface area contributed by atoms with Crippen molar-refractivity contribution in [2.45, 2.75) is 13.5 Å². The summed E-state index contributed by atoms with van der Waals surface area (Å²) >= 11 is 1.48. The number of hydrogen-bond acceptors (Lipinski definition) is 4. The zero-order valence-corrected chi connectivity index (χ0v) is 11.3. The van der Waals surface area contributed by atoms with Gasteiger partial charge < -0.3 is 10.6 Å². The number of carbonyl (C=O) groups excluding carboxylic acids is 1. The lowest BCUT2D eigenvalue weighted by molar-refractivity contribution is -0.114. The van der Waals surface area contributed by atoms with E-state index in [4.69, 9.17) is 5.26 Å². The van der Waals surface area contributed by atoms with Crippen LogP contribution in [0.4, 0.5) is 11.4 Å². The molecule has 0 spiro atoms. The summed E-state index contributed by atoms with van der Waals surface area (Å²) in [6.07, 6.45) is 0. The van der Waals surface area contributed by atoms with Crippen molar-refractivity contribution in [3.05, 3.63) is 46.2 Å². The molecule has 0 aliphatic heterocycles. The maximum absolute atomic E-state index is 10.9. The molecule has 0 fully saturated rings. The Morgan fingerprint density at radius 2 is 1.89 bits per heavy atom. The number of nitrogens with one attached hydrogen (secondary N) is 2. The SMILES string of the molecule is CC(=O)Nc1ccc(NCc2ccc(C#N)s2)cc1. The van der Waals surface area contributed by atoms with Crippen LogP contribution in [0.3, 0.4) is 0 Å². The molecule has 1 amide bonds. The number of hydrogen-bond donors (Lipinski definition) is 2. The molecule has 19 heavy (non-hydrogen) atoms. The second-order valence-corrected chi connectivity index (χ2v) is 5.16. The van der Waals surface area contributed by atoms with Gasteiger partial charge in [0.1, 0.15) is 10.9 Å². The smallest absolute Gasteiger partial charge is 0.221 e. The molecule has 1 aromatic heterocycles. The molecule has 0 atom stereocenters. The van der Waals surface area contributed by atoms with Crippen LogP contribution in [-0.4, -0.2) is 5.91 Å². The minimum Gasteiger partial charge on any atom is -0.380 e. The van der Waals surface area contributed by atoms with Gasteiger partial charge in [-0.15, -0.1) is 11.3 Å². The minimum atomic E-state index is -0.0803. The van der Waals surface area contributed by atoms with Crippen LogP contribution in [0.25, 0.3) is 0 Å². The molecular weight excluding hydrogens is 258 g/mol. The fraction of sp³-hybridized carbons (Fsp3) is 0.143. The summed E-state index contributed by atoms with van der Waals surface area (Å²) in [5.74, 6) is -0.0803. The summed E-state index contributed by atoms with van der Waals surface area (Å²) in [4.78, 5) is 12.7. The first-order valence-corrected chi connectivity index (χ1v) is 6.59. The van der Waals surface area contributed by atoms with Crippen molar-refractivity contribution in [1.82, 2.24) is 0 Å². The van der Waals surface area contributed by atoms with Crippen LogP contribution in [-0.2, 0) is 11.3 Å². The van der Waals surface area contributed by atoms with Crippen molar-refractivity contribution in [3.63, 3.8) is 0 Å². The summed E-state index contributed by atoms with van der Waals surface area (Å²) in [5.41, 5.74) is 1.75. The van der Waals surface area contributed by atoms with Crippen LogP contribution in [0.2, 0.25) is 0 Å². The molecular formula is C14H13N3OS. The summed E-state index contributed by atoms with van der Waals surface area (Å²) < 4.78 is 0. The van der Waals surface area contributed by atoms with E-state index in [0.717, 1.165) is 21.1 Å². The Morgan fingerprint density at radius 1 is 1.21 bits per heavy atom. The third-order valence-corrected chi connectivity index (χ3v) is 3.43. The topological polar surface area (TPSA) is 64.9 Å². The van der Waals surface area contributed by atoms with Gasteiger partial charge in [-0.1, -0.05) is 0 Å². The van der Waals surface area contributed by atoms with E-state index in [1.54, 1.807) is 0 Å². The van der Waals surface area contributed by atoms with Crippen molar-refractivity contribution >= 4 is 28.6 Å². The van der Waals surface area contributed by atoms with Crippen LogP contribution in [0, 0.1) is 11.3 Å². The molecule has 0 aliphatic carbocycles. The Bertz CT molecular complexity index is 610. The van der Waals surface area contributed by atoms with Crippen molar-refractivity contribution < 1.29 is 4.79 Å². The number of benzene rings is 1. The van der Waals surface area contributed by atoms with Gasteiger partial charge in [-0.05, 0) is 36.4 Å². The summed E-state index contributed by atoms with van der Waals surface area (Å²) in [6, 6.07) is 13.4. The van der Waals surface area contributed by atoms with Gasteiger partial charge >= 0.3 is 0 Å². The van der Waals surface area contributed by atoms with Crippen molar-refractivity contribution in [2.24, 2.45) is 0 Å². The van der Waals surface area contributed by atoms with Crippen LogP contribution >= 0.6 is 11.3 Å². The van der Waals surface area contributed by atoms with Crippen molar-refractivity contribution in [2.75, 3.05) is 10.6 Å². The number of anilines is 2. The molecule has 0 saturated carbocycles. The minimum absolute atomic E-state index is 0.0803. The maximum atomic E-state index is 10.9. The first-order chi connectivity index (χ1) is 9.17. The summed E-state index contributed by atoms with van der Waals surface area (Å²) in [6.45, 7) is 2.17. The zero-order chi connectivity index (χ0) is 13.7. The number of carbonyl (C=O) groups is 1. The zero-order valence-electron chi connectivity index (χ0n) is 10.4. The molecule has 0 radical (unpaired) electrons. The first kappa shape index (κ1) is 13.1. The predicted octanol–water partition coefficient (Wildman–Crippen LogP) is 3.19. The predicted molar refractivity (Wildman–Crippen MR) is 77.1 cm³/mol. The number of amides is 1. The van der Waals surface area contributed by atoms with Crippen LogP contribution in [0.5, 0.6) is 0 Å². The van der Waals surface area contributed by atoms with E-state index < -0.39 is 0 Å². The van der Waals surface area contributed by atoms with Gasteiger partial charge in [0.25, 0.3) is 0 Å². The Kier molecular flexibility index (Phi) is 4.16. The molecule has 4 nitrogen and oxygen atoms in total. The van der Waals surface area contributed by atoms with Crippen molar-refractivity contribution in [1.29, 1.82) is 5.26 Å². The maximum Gasteiger partial charge on any atom is 0.221 e. The average molecular weight is 271 g/mol. The molecule has 0 unspecified atom stereocenters. The number of rotatable bonds is 4. The van der Waals surface area contributed by atoms with Gasteiger partial charge in [-0.3, -0.25) is 4.79 Å². The highest BCUT2D eigenvalue weighted by molar-refractivity contribution is 7.12. The molecule has 2 N–H and O–H groups in total. The average Bonchev–Trinajstić information content (AvgIpc) is 2.85. The molecule has 5 heteroatoms. The molecule has 2 rings (SSSR count). The fourth-order valence-corrected chi connectivity index (χ4v) is 2.34. The van der Waals surface area contributed by atoms with Gasteiger partial charge in [0.2, 0.25) is 5.91 Å². The monoisotopic (exact) mass is 271 g/mol. The summed E-state index contributed by atoms with van der Waals surface area (Å²) in [5, 5.41) is 14.7. The third kappa shape index (κ3) is 3.83. The summed E-state index contributed by atoms with van der Waals surface area (Å²) in [7, 11) is 0. The number of nitriles is 1. The largest absolute Gasteiger partial charge is 0.380 e. The van der Waals surface area contributed by atoms with E-state index in [9.17, 15) is 4.79 Å². The van der Waals surface area contributed by atoms with Crippen LogP contribution in [0.15, 0.2) is 36.4 Å². The second-order valence-electron chi connectivity index (χ2n) is 3.99. The molecule has 0 bridgehead atoms. The van der Waals surface area contributed by atoms with E-state index in [0.29, 0.717) is 6.54 Å². The molecule has 2 aromatic rings. The molecule has 0 saturated heterocycles. The Hall–Kier alpha value is -2.32. The first-order valence-electron chi connectivity index (χ1n) is 5.78. The van der Waals surface area contributed by atoms with Gasteiger partial charge in [0, 0.05) is 29.7 Å². The molecule has 1 aromatic carbocycles. The lowest BCUT2D eigenvalue weighted by Gasteiger charge is -2.06.